The van der Waals surface area contributed by atoms with E-state index in [9.17, 15) is 4.79 Å². The van der Waals surface area contributed by atoms with Crippen LogP contribution in [0.3, 0.4) is 0 Å². The van der Waals surface area contributed by atoms with Crippen LogP contribution in [-0.2, 0) is 4.79 Å². The van der Waals surface area contributed by atoms with Gasteiger partial charge in [0.25, 0.3) is 0 Å². The van der Waals surface area contributed by atoms with E-state index < -0.39 is 5.97 Å². The van der Waals surface area contributed by atoms with Crippen molar-refractivity contribution in [2.45, 2.75) is 0 Å². The molecule has 2 rings (SSSR count). The van der Waals surface area contributed by atoms with Gasteiger partial charge in [0.15, 0.2) is 0 Å². The summed E-state index contributed by atoms with van der Waals surface area (Å²) in [6.45, 7) is 0. The molecule has 1 heterocycles. The second-order valence-electron chi connectivity index (χ2n) is 3.50. The van der Waals surface area contributed by atoms with Gasteiger partial charge in [-0.25, -0.2) is 4.79 Å². The monoisotopic (exact) mass is 370 g/mol. The van der Waals surface area contributed by atoms with Crippen LogP contribution in [0.1, 0.15) is 5.76 Å². The molecule has 1 aromatic heterocycles. The molecule has 3 nitrogen and oxygen atoms in total. The zero-order chi connectivity index (χ0) is 13.1. The summed E-state index contributed by atoms with van der Waals surface area (Å²) in [5.41, 5.74) is 0.902. The predicted molar refractivity (Wildman–Crippen MR) is 76.2 cm³/mol. The zero-order valence-electron chi connectivity index (χ0n) is 9.06. The topological polar surface area (TPSA) is 50.4 Å². The fourth-order valence-electron chi connectivity index (χ4n) is 1.43. The molecule has 0 amide bonds. The Labute approximate surface area is 120 Å². The van der Waals surface area contributed by atoms with Gasteiger partial charge in [-0.15, -0.1) is 0 Å². The quantitative estimate of drug-likeness (QED) is 0.804. The maximum absolute atomic E-state index is 10.4. The highest BCUT2D eigenvalue weighted by Crippen LogP contribution is 2.32. The van der Waals surface area contributed by atoms with E-state index in [-0.39, 0.29) is 0 Å². The van der Waals surface area contributed by atoms with Gasteiger partial charge in [-0.3, -0.25) is 0 Å². The molecule has 1 aromatic carbocycles. The van der Waals surface area contributed by atoms with Crippen LogP contribution >= 0.6 is 31.9 Å². The average Bonchev–Trinajstić information content (AvgIpc) is 2.78. The van der Waals surface area contributed by atoms with Crippen LogP contribution in [0.15, 0.2) is 49.8 Å². The van der Waals surface area contributed by atoms with E-state index in [1.54, 1.807) is 12.1 Å². The van der Waals surface area contributed by atoms with Gasteiger partial charge in [0.2, 0.25) is 0 Å². The minimum absolute atomic E-state index is 0.499. The van der Waals surface area contributed by atoms with Crippen molar-refractivity contribution < 1.29 is 14.3 Å². The molecule has 0 radical (unpaired) electrons. The van der Waals surface area contributed by atoms with Gasteiger partial charge in [0, 0.05) is 20.6 Å². The summed E-state index contributed by atoms with van der Waals surface area (Å²) in [6.07, 6.45) is 2.45. The predicted octanol–water partition coefficient (Wildman–Crippen LogP) is 4.57. The molecule has 0 bridgehead atoms. The first-order valence-corrected chi connectivity index (χ1v) is 6.61. The fourth-order valence-corrected chi connectivity index (χ4v) is 2.23. The molecule has 1 N–H and O–H groups in total. The summed E-state index contributed by atoms with van der Waals surface area (Å²) < 4.78 is 7.41. The number of rotatable bonds is 3. The van der Waals surface area contributed by atoms with Crippen LogP contribution in [0, 0.1) is 0 Å². The Kier molecular flexibility index (Phi) is 4.04. The first kappa shape index (κ1) is 13.1. The lowest BCUT2D eigenvalue weighted by Gasteiger charge is -2.01. The van der Waals surface area contributed by atoms with Gasteiger partial charge in [0.1, 0.15) is 11.5 Å². The maximum atomic E-state index is 10.4. The summed E-state index contributed by atoms with van der Waals surface area (Å²) in [6, 6.07) is 9.28. The Hall–Kier alpha value is -1.33. The number of carbonyl (C=O) groups is 1. The summed E-state index contributed by atoms with van der Waals surface area (Å²) in [7, 11) is 0. The van der Waals surface area contributed by atoms with Gasteiger partial charge in [-0.2, -0.15) is 0 Å². The first-order valence-electron chi connectivity index (χ1n) is 5.02. The lowest BCUT2D eigenvalue weighted by Crippen LogP contribution is -1.84. The maximum Gasteiger partial charge on any atom is 0.328 e. The lowest BCUT2D eigenvalue weighted by atomic mass is 10.2. The number of furan rings is 1. The second-order valence-corrected chi connectivity index (χ2v) is 5.27. The van der Waals surface area contributed by atoms with Crippen molar-refractivity contribution in [3.8, 4) is 11.3 Å². The molecule has 0 aliphatic rings. The van der Waals surface area contributed by atoms with Crippen molar-refractivity contribution in [3.63, 3.8) is 0 Å². The van der Waals surface area contributed by atoms with Crippen molar-refractivity contribution in [3.05, 3.63) is 51.1 Å². The molecular weight excluding hydrogens is 364 g/mol. The minimum atomic E-state index is -1.00. The molecule has 0 saturated heterocycles. The van der Waals surface area contributed by atoms with Crippen LogP contribution in [0.4, 0.5) is 0 Å². The molecule has 0 unspecified atom stereocenters. The smallest absolute Gasteiger partial charge is 0.328 e. The van der Waals surface area contributed by atoms with Gasteiger partial charge < -0.3 is 9.52 Å². The van der Waals surface area contributed by atoms with Gasteiger partial charge in [-0.05, 0) is 36.4 Å². The molecule has 0 spiro atoms. The van der Waals surface area contributed by atoms with E-state index in [4.69, 9.17) is 9.52 Å². The van der Waals surface area contributed by atoms with Crippen molar-refractivity contribution in [1.82, 2.24) is 0 Å². The van der Waals surface area contributed by atoms with Crippen molar-refractivity contribution in [1.29, 1.82) is 0 Å². The summed E-state index contributed by atoms with van der Waals surface area (Å²) in [5.74, 6) is 0.170. The number of carboxylic acids is 1. The minimum Gasteiger partial charge on any atom is -0.478 e. The van der Waals surface area contributed by atoms with Crippen LogP contribution in [-0.4, -0.2) is 11.1 Å². The largest absolute Gasteiger partial charge is 0.478 e. The molecule has 18 heavy (non-hydrogen) atoms. The Balaban J connectivity index is 2.35. The molecule has 0 fully saturated rings. The van der Waals surface area contributed by atoms with E-state index in [0.29, 0.717) is 11.5 Å². The summed E-state index contributed by atoms with van der Waals surface area (Å²) >= 11 is 6.84. The number of hydrogen-bond acceptors (Lipinski definition) is 2. The van der Waals surface area contributed by atoms with Crippen LogP contribution < -0.4 is 0 Å². The van der Waals surface area contributed by atoms with Crippen LogP contribution in [0.25, 0.3) is 17.4 Å². The lowest BCUT2D eigenvalue weighted by molar-refractivity contribution is -0.131. The summed E-state index contributed by atoms with van der Waals surface area (Å²) in [5, 5.41) is 8.54. The Bertz CT molecular complexity index is 614. The second kappa shape index (κ2) is 5.54. The third-order valence-electron chi connectivity index (χ3n) is 2.21. The van der Waals surface area contributed by atoms with Crippen molar-refractivity contribution in [2.24, 2.45) is 0 Å². The molecule has 0 aliphatic heterocycles. The fraction of sp³-hybridized carbons (Fsp3) is 0. The van der Waals surface area contributed by atoms with Gasteiger partial charge >= 0.3 is 5.97 Å². The molecule has 0 atom stereocenters. The zero-order valence-corrected chi connectivity index (χ0v) is 12.2. The van der Waals surface area contributed by atoms with Crippen molar-refractivity contribution in [2.75, 3.05) is 0 Å². The number of halogens is 2. The van der Waals surface area contributed by atoms with E-state index in [0.717, 1.165) is 20.6 Å². The molecule has 5 heteroatoms. The normalized spacial score (nSPS) is 11.0. The first-order chi connectivity index (χ1) is 8.56. The molecular formula is C13H8Br2O3. The highest BCUT2D eigenvalue weighted by atomic mass is 79.9. The summed E-state index contributed by atoms with van der Waals surface area (Å²) in [4.78, 5) is 10.4. The number of benzene rings is 1. The average molecular weight is 372 g/mol. The van der Waals surface area contributed by atoms with E-state index >= 15 is 0 Å². The van der Waals surface area contributed by atoms with E-state index in [1.807, 2.05) is 18.2 Å². The SMILES string of the molecule is O=C(O)/C=C/c1ccc(-c2cc(Br)ccc2Br)o1. The van der Waals surface area contributed by atoms with Crippen molar-refractivity contribution >= 4 is 43.9 Å². The molecule has 0 saturated carbocycles. The molecule has 0 aliphatic carbocycles. The molecule has 92 valence electrons. The highest BCUT2D eigenvalue weighted by Gasteiger charge is 2.08. The van der Waals surface area contributed by atoms with Crippen LogP contribution in [0.2, 0.25) is 0 Å². The number of aliphatic carboxylic acids is 1. The standard InChI is InChI=1S/C13H8Br2O3/c14-8-1-4-11(15)10(7-8)12-5-2-9(18-12)3-6-13(16)17/h1-7H,(H,16,17)/b6-3+. The third kappa shape index (κ3) is 3.11. The third-order valence-corrected chi connectivity index (χ3v) is 3.40. The van der Waals surface area contributed by atoms with E-state index in [2.05, 4.69) is 31.9 Å². The Morgan fingerprint density at radius 1 is 1.22 bits per heavy atom. The highest BCUT2D eigenvalue weighted by molar-refractivity contribution is 9.11. The van der Waals surface area contributed by atoms with Gasteiger partial charge in [-0.1, -0.05) is 31.9 Å². The van der Waals surface area contributed by atoms with E-state index in [1.165, 1.54) is 6.08 Å². The number of hydrogen-bond donors (Lipinski definition) is 1. The Morgan fingerprint density at radius 2 is 2.00 bits per heavy atom. The Morgan fingerprint density at radius 3 is 2.72 bits per heavy atom. The number of carboxylic acid groups (broad SMARTS) is 1. The molecule has 2 aromatic rings. The van der Waals surface area contributed by atoms with Gasteiger partial charge in [0.05, 0.1) is 0 Å². The van der Waals surface area contributed by atoms with Crippen LogP contribution in [0.5, 0.6) is 0 Å².